The van der Waals surface area contributed by atoms with E-state index in [0.29, 0.717) is 0 Å². The Bertz CT molecular complexity index is 259. The van der Waals surface area contributed by atoms with E-state index in [0.717, 1.165) is 0 Å². The zero-order valence-electron chi connectivity index (χ0n) is 10.9. The van der Waals surface area contributed by atoms with E-state index in [4.69, 9.17) is 15.1 Å². The van der Waals surface area contributed by atoms with E-state index < -0.39 is 7.32 Å². The molecule has 0 aliphatic heterocycles. The molecule has 0 amide bonds. The Balaban J connectivity index is -0.000000252. The Morgan fingerprint density at radius 3 is 1.35 bits per heavy atom. The van der Waals surface area contributed by atoms with Gasteiger partial charge in [0.25, 0.3) is 0 Å². The molecule has 1 aliphatic rings. The zero-order chi connectivity index (χ0) is 10.4. The molecular formula is C10H12BNa3O3. The third-order valence-corrected chi connectivity index (χ3v) is 2.26. The van der Waals surface area contributed by atoms with Crippen LogP contribution in [-0.2, 0) is 12.8 Å². The molecule has 17 heavy (non-hydrogen) atoms. The van der Waals surface area contributed by atoms with Gasteiger partial charge in [0.2, 0.25) is 0 Å². The first-order valence-electron chi connectivity index (χ1n) is 4.74. The second-order valence-corrected chi connectivity index (χ2v) is 3.26. The minimum atomic E-state index is -2.92. The smallest absolute Gasteiger partial charge is 0.907 e. The molecule has 0 saturated carbocycles. The molecule has 2 rings (SSSR count). The summed E-state index contributed by atoms with van der Waals surface area (Å²) < 4.78 is 0. The summed E-state index contributed by atoms with van der Waals surface area (Å²) in [5, 5.41) is 25.2. The van der Waals surface area contributed by atoms with Crippen LogP contribution in [0.25, 0.3) is 0 Å². The van der Waals surface area contributed by atoms with Gasteiger partial charge in [0.05, 0.1) is 0 Å². The van der Waals surface area contributed by atoms with E-state index in [2.05, 4.69) is 24.3 Å². The van der Waals surface area contributed by atoms with Crippen LogP contribution < -0.4 is 104 Å². The van der Waals surface area contributed by atoms with Gasteiger partial charge in [0.1, 0.15) is 0 Å². The summed E-state index contributed by atoms with van der Waals surface area (Å²) in [5.41, 5.74) is 3.16. The first kappa shape index (κ1) is 24.2. The van der Waals surface area contributed by atoms with E-state index in [1.165, 1.54) is 25.7 Å². The average molecular weight is 260 g/mol. The number of rotatable bonds is 0. The van der Waals surface area contributed by atoms with Crippen LogP contribution in [0.2, 0.25) is 0 Å². The maximum atomic E-state index is 8.42. The molecule has 0 saturated heterocycles. The molecule has 0 bridgehead atoms. The fraction of sp³-hybridized carbons (Fsp3) is 0.400. The minimum Gasteiger partial charge on any atom is -0.907 e. The average Bonchev–Trinajstić information content (AvgIpc) is 2.17. The summed E-state index contributed by atoms with van der Waals surface area (Å²) in [7, 11) is -2.92. The van der Waals surface area contributed by atoms with Gasteiger partial charge in [-0.2, -0.15) is 0 Å². The molecule has 1 aromatic rings. The zero-order valence-corrected chi connectivity index (χ0v) is 16.9. The number of aryl methyl sites for hydroxylation is 2. The van der Waals surface area contributed by atoms with Crippen LogP contribution in [0.15, 0.2) is 24.3 Å². The molecule has 0 aromatic heterocycles. The second-order valence-electron chi connectivity index (χ2n) is 3.26. The van der Waals surface area contributed by atoms with Crippen molar-refractivity contribution in [1.82, 2.24) is 0 Å². The molecule has 1 aromatic carbocycles. The van der Waals surface area contributed by atoms with Crippen molar-refractivity contribution in [3.05, 3.63) is 35.4 Å². The van der Waals surface area contributed by atoms with Gasteiger partial charge in [0, 0.05) is 0 Å². The molecule has 3 nitrogen and oxygen atoms in total. The molecule has 0 fully saturated rings. The topological polar surface area (TPSA) is 69.2 Å². The third kappa shape index (κ3) is 11.7. The SMILES string of the molecule is [Na+].[Na+].[Na+].[O-]B([O-])[O-].c1ccc2c(c1)CCCC2. The fourth-order valence-electron chi connectivity index (χ4n) is 1.68. The Hall–Kier alpha value is 2.16. The Kier molecular flexibility index (Phi) is 20.7. The van der Waals surface area contributed by atoms with Crippen LogP contribution in [0.1, 0.15) is 24.0 Å². The molecule has 0 N–H and O–H groups in total. The van der Waals surface area contributed by atoms with Crippen molar-refractivity contribution in [3.8, 4) is 0 Å². The largest absolute Gasteiger partial charge is 1.00 e. The summed E-state index contributed by atoms with van der Waals surface area (Å²) in [6.45, 7) is 0. The summed E-state index contributed by atoms with van der Waals surface area (Å²) in [5.74, 6) is 0. The molecule has 0 heterocycles. The molecule has 0 spiro atoms. The maximum Gasteiger partial charge on any atom is 1.00 e. The first-order valence-corrected chi connectivity index (χ1v) is 4.74. The molecule has 0 atom stereocenters. The fourth-order valence-corrected chi connectivity index (χ4v) is 1.68. The van der Waals surface area contributed by atoms with Gasteiger partial charge in [-0.25, -0.2) is 0 Å². The number of fused-ring (bicyclic) bond motifs is 1. The summed E-state index contributed by atoms with van der Waals surface area (Å²) in [6, 6.07) is 8.80. The standard InChI is InChI=1S/C10H12.BO3.3Na/c1-2-6-10-8-4-3-7-9(10)5-1;2-1(3)4;;;/h1-2,5-6H,3-4,7-8H2;;;;/q;-3;3*+1. The number of hydrogen-bond acceptors (Lipinski definition) is 3. The van der Waals surface area contributed by atoms with Crippen molar-refractivity contribution in [2.45, 2.75) is 25.7 Å². The van der Waals surface area contributed by atoms with Gasteiger partial charge >= 0.3 is 88.7 Å². The van der Waals surface area contributed by atoms with Gasteiger partial charge in [-0.05, 0) is 36.8 Å². The van der Waals surface area contributed by atoms with E-state index in [9.17, 15) is 0 Å². The first-order chi connectivity index (χ1) is 6.70. The van der Waals surface area contributed by atoms with E-state index >= 15 is 0 Å². The van der Waals surface area contributed by atoms with Crippen molar-refractivity contribution in [1.29, 1.82) is 0 Å². The summed E-state index contributed by atoms with van der Waals surface area (Å²) in [6.07, 6.45) is 5.38. The normalized spacial score (nSPS) is 11.2. The molecule has 1 aliphatic carbocycles. The van der Waals surface area contributed by atoms with Crippen LogP contribution in [0.4, 0.5) is 0 Å². The Morgan fingerprint density at radius 1 is 0.765 bits per heavy atom. The third-order valence-electron chi connectivity index (χ3n) is 2.26. The van der Waals surface area contributed by atoms with Gasteiger partial charge < -0.3 is 15.1 Å². The molecule has 0 unspecified atom stereocenters. The quantitative estimate of drug-likeness (QED) is 0.435. The van der Waals surface area contributed by atoms with Crippen molar-refractivity contribution in [3.63, 3.8) is 0 Å². The van der Waals surface area contributed by atoms with Crippen molar-refractivity contribution in [2.75, 3.05) is 0 Å². The second kappa shape index (κ2) is 14.6. The monoisotopic (exact) mass is 260 g/mol. The van der Waals surface area contributed by atoms with Gasteiger partial charge in [0.15, 0.2) is 0 Å². The Morgan fingerprint density at radius 2 is 1.06 bits per heavy atom. The van der Waals surface area contributed by atoms with Gasteiger partial charge in [-0.15, -0.1) is 0 Å². The maximum absolute atomic E-state index is 8.42. The van der Waals surface area contributed by atoms with Crippen LogP contribution >= 0.6 is 0 Å². The van der Waals surface area contributed by atoms with Crippen molar-refractivity contribution in [2.24, 2.45) is 0 Å². The summed E-state index contributed by atoms with van der Waals surface area (Å²) in [4.78, 5) is 0. The molecular weight excluding hydrogens is 248 g/mol. The predicted octanol–water partition coefficient (Wildman–Crippen LogP) is -10.4. The molecule has 0 radical (unpaired) electrons. The summed E-state index contributed by atoms with van der Waals surface area (Å²) >= 11 is 0. The molecule has 76 valence electrons. The van der Waals surface area contributed by atoms with Gasteiger partial charge in [-0.1, -0.05) is 24.3 Å². The van der Waals surface area contributed by atoms with Gasteiger partial charge in [-0.3, -0.25) is 7.32 Å². The van der Waals surface area contributed by atoms with Crippen LogP contribution in [0.3, 0.4) is 0 Å². The van der Waals surface area contributed by atoms with Crippen LogP contribution in [-0.4, -0.2) is 7.32 Å². The van der Waals surface area contributed by atoms with E-state index in [-0.39, 0.29) is 88.7 Å². The van der Waals surface area contributed by atoms with Crippen molar-refractivity contribution < 1.29 is 104 Å². The Labute approximate surface area is 169 Å². The number of benzene rings is 1. The number of hydrogen-bond donors (Lipinski definition) is 0. The molecule has 7 heteroatoms. The van der Waals surface area contributed by atoms with E-state index in [1.807, 2.05) is 0 Å². The predicted molar refractivity (Wildman–Crippen MR) is 48.8 cm³/mol. The van der Waals surface area contributed by atoms with Crippen LogP contribution in [0, 0.1) is 0 Å². The van der Waals surface area contributed by atoms with E-state index in [1.54, 1.807) is 11.1 Å². The minimum absolute atomic E-state index is 0. The van der Waals surface area contributed by atoms with Crippen LogP contribution in [0.5, 0.6) is 0 Å². The van der Waals surface area contributed by atoms with Crippen molar-refractivity contribution >= 4 is 7.32 Å².